The Balaban J connectivity index is 2.79. The summed E-state index contributed by atoms with van der Waals surface area (Å²) < 4.78 is 5.10. The number of amides is 1. The highest BCUT2D eigenvalue weighted by atomic mass is 35.5. The van der Waals surface area contributed by atoms with Crippen molar-refractivity contribution in [1.29, 1.82) is 0 Å². The molecule has 0 aliphatic heterocycles. The molecule has 5 heteroatoms. The minimum atomic E-state index is -0.176. The van der Waals surface area contributed by atoms with Gasteiger partial charge in [-0.15, -0.1) is 0 Å². The van der Waals surface area contributed by atoms with Crippen LogP contribution in [0.15, 0.2) is 18.2 Å². The molecule has 1 aromatic carbocycles. The Bertz CT molecular complexity index is 380. The zero-order chi connectivity index (χ0) is 12.1. The van der Waals surface area contributed by atoms with E-state index in [2.05, 4.69) is 5.32 Å². The van der Waals surface area contributed by atoms with Crippen molar-refractivity contribution in [3.8, 4) is 5.75 Å². The average molecular weight is 243 g/mol. The molecule has 4 nitrogen and oxygen atoms in total. The van der Waals surface area contributed by atoms with Crippen LogP contribution >= 0.6 is 11.6 Å². The molecule has 0 aliphatic rings. The number of methoxy groups -OCH3 is 1. The Labute approximate surface area is 99.7 Å². The minimum absolute atomic E-state index is 0.157. The van der Waals surface area contributed by atoms with Crippen molar-refractivity contribution < 1.29 is 9.53 Å². The van der Waals surface area contributed by atoms with Crippen LogP contribution < -0.4 is 15.8 Å². The summed E-state index contributed by atoms with van der Waals surface area (Å²) in [5.41, 5.74) is 6.09. The molecule has 0 saturated carbocycles. The lowest BCUT2D eigenvalue weighted by Gasteiger charge is -2.11. The number of rotatable bonds is 4. The third-order valence-corrected chi connectivity index (χ3v) is 2.18. The van der Waals surface area contributed by atoms with Gasteiger partial charge in [0.25, 0.3) is 0 Å². The molecule has 0 saturated heterocycles. The average Bonchev–Trinajstić information content (AvgIpc) is 2.16. The first-order chi connectivity index (χ1) is 7.52. The van der Waals surface area contributed by atoms with E-state index in [0.717, 1.165) is 0 Å². The zero-order valence-electron chi connectivity index (χ0n) is 9.29. The normalized spacial score (nSPS) is 12.0. The van der Waals surface area contributed by atoms with Crippen molar-refractivity contribution in [2.75, 3.05) is 12.4 Å². The van der Waals surface area contributed by atoms with Gasteiger partial charge >= 0.3 is 0 Å². The van der Waals surface area contributed by atoms with Crippen LogP contribution in [-0.4, -0.2) is 19.1 Å². The van der Waals surface area contributed by atoms with E-state index in [1.807, 2.05) is 0 Å². The summed E-state index contributed by atoms with van der Waals surface area (Å²) >= 11 is 5.83. The van der Waals surface area contributed by atoms with Crippen molar-refractivity contribution in [3.63, 3.8) is 0 Å². The summed E-state index contributed by atoms with van der Waals surface area (Å²) in [6.07, 6.45) is 0.260. The number of carbonyl (C=O) groups is 1. The van der Waals surface area contributed by atoms with Gasteiger partial charge in [-0.05, 0) is 25.1 Å². The summed E-state index contributed by atoms with van der Waals surface area (Å²) in [5, 5.41) is 3.24. The first-order valence-electron chi connectivity index (χ1n) is 4.92. The van der Waals surface area contributed by atoms with E-state index in [4.69, 9.17) is 22.1 Å². The number of halogens is 1. The Morgan fingerprint density at radius 2 is 2.31 bits per heavy atom. The molecule has 1 atom stereocenters. The van der Waals surface area contributed by atoms with E-state index < -0.39 is 0 Å². The number of hydrogen-bond acceptors (Lipinski definition) is 3. The highest BCUT2D eigenvalue weighted by molar-refractivity contribution is 6.31. The number of hydrogen-bond donors (Lipinski definition) is 2. The van der Waals surface area contributed by atoms with Gasteiger partial charge in [-0.3, -0.25) is 4.79 Å². The lowest BCUT2D eigenvalue weighted by Crippen LogP contribution is -2.24. The predicted molar refractivity (Wildman–Crippen MR) is 64.9 cm³/mol. The number of nitrogens with two attached hydrogens (primary N) is 1. The molecule has 1 aromatic rings. The molecular formula is C11H15ClN2O2. The maximum absolute atomic E-state index is 11.5. The molecule has 1 amide bonds. The summed E-state index contributed by atoms with van der Waals surface area (Å²) in [6, 6.07) is 4.86. The van der Waals surface area contributed by atoms with Crippen LogP contribution in [0.1, 0.15) is 13.3 Å². The second-order valence-electron chi connectivity index (χ2n) is 3.57. The molecule has 1 unspecified atom stereocenters. The van der Waals surface area contributed by atoms with Crippen molar-refractivity contribution >= 4 is 23.2 Å². The fourth-order valence-corrected chi connectivity index (χ4v) is 1.44. The van der Waals surface area contributed by atoms with Crippen molar-refractivity contribution in [2.24, 2.45) is 5.73 Å². The summed E-state index contributed by atoms with van der Waals surface area (Å²) in [5.74, 6) is 0.415. The summed E-state index contributed by atoms with van der Waals surface area (Å²) in [6.45, 7) is 1.77. The second kappa shape index (κ2) is 5.72. The third-order valence-electron chi connectivity index (χ3n) is 1.94. The SMILES string of the molecule is COc1ccc(Cl)cc1NC(=O)CC(C)N. The Morgan fingerprint density at radius 3 is 2.88 bits per heavy atom. The number of anilines is 1. The Morgan fingerprint density at radius 1 is 1.62 bits per heavy atom. The molecule has 0 radical (unpaired) electrons. The minimum Gasteiger partial charge on any atom is -0.495 e. The van der Waals surface area contributed by atoms with Gasteiger partial charge in [0, 0.05) is 17.5 Å². The molecule has 1 rings (SSSR count). The standard InChI is InChI=1S/C11H15ClN2O2/c1-7(13)5-11(15)14-9-6-8(12)3-4-10(9)16-2/h3-4,6-7H,5,13H2,1-2H3,(H,14,15). The molecule has 88 valence electrons. The van der Waals surface area contributed by atoms with Gasteiger partial charge < -0.3 is 15.8 Å². The maximum atomic E-state index is 11.5. The highest BCUT2D eigenvalue weighted by Gasteiger charge is 2.09. The molecule has 0 fully saturated rings. The maximum Gasteiger partial charge on any atom is 0.226 e. The topological polar surface area (TPSA) is 64.3 Å². The van der Waals surface area contributed by atoms with E-state index in [0.29, 0.717) is 16.5 Å². The lowest BCUT2D eigenvalue weighted by atomic mass is 10.2. The fourth-order valence-electron chi connectivity index (χ4n) is 1.27. The Hall–Kier alpha value is -1.26. The first kappa shape index (κ1) is 12.8. The van der Waals surface area contributed by atoms with Crippen LogP contribution in [0.25, 0.3) is 0 Å². The number of nitrogens with one attached hydrogen (secondary N) is 1. The Kier molecular flexibility index (Phi) is 4.58. The molecule has 3 N–H and O–H groups in total. The molecule has 0 heterocycles. The smallest absolute Gasteiger partial charge is 0.226 e. The molecular weight excluding hydrogens is 228 g/mol. The predicted octanol–water partition coefficient (Wildman–Crippen LogP) is 2.02. The zero-order valence-corrected chi connectivity index (χ0v) is 10.0. The van der Waals surface area contributed by atoms with Crippen LogP contribution in [0.5, 0.6) is 5.75 Å². The van der Waals surface area contributed by atoms with Crippen LogP contribution in [0.4, 0.5) is 5.69 Å². The van der Waals surface area contributed by atoms with Crippen LogP contribution in [0.2, 0.25) is 5.02 Å². The van der Waals surface area contributed by atoms with E-state index in [-0.39, 0.29) is 18.4 Å². The summed E-state index contributed by atoms with van der Waals surface area (Å²) in [7, 11) is 1.53. The van der Waals surface area contributed by atoms with Gasteiger partial charge in [0.15, 0.2) is 0 Å². The van der Waals surface area contributed by atoms with Gasteiger partial charge in [-0.1, -0.05) is 11.6 Å². The molecule has 0 bridgehead atoms. The van der Waals surface area contributed by atoms with Gasteiger partial charge in [0.1, 0.15) is 5.75 Å². The van der Waals surface area contributed by atoms with Crippen LogP contribution in [0, 0.1) is 0 Å². The summed E-state index contributed by atoms with van der Waals surface area (Å²) in [4.78, 5) is 11.5. The second-order valence-corrected chi connectivity index (χ2v) is 4.01. The number of benzene rings is 1. The van der Waals surface area contributed by atoms with Crippen LogP contribution in [-0.2, 0) is 4.79 Å². The van der Waals surface area contributed by atoms with E-state index in [1.165, 1.54) is 7.11 Å². The first-order valence-corrected chi connectivity index (χ1v) is 5.29. The lowest BCUT2D eigenvalue weighted by molar-refractivity contribution is -0.116. The van der Waals surface area contributed by atoms with Gasteiger partial charge in [0.05, 0.1) is 12.8 Å². The van der Waals surface area contributed by atoms with Gasteiger partial charge in [-0.2, -0.15) is 0 Å². The van der Waals surface area contributed by atoms with E-state index >= 15 is 0 Å². The third kappa shape index (κ3) is 3.72. The molecule has 0 spiro atoms. The monoisotopic (exact) mass is 242 g/mol. The van der Waals surface area contributed by atoms with Gasteiger partial charge in [0.2, 0.25) is 5.91 Å². The fraction of sp³-hybridized carbons (Fsp3) is 0.364. The quantitative estimate of drug-likeness (QED) is 0.849. The molecule has 16 heavy (non-hydrogen) atoms. The van der Waals surface area contributed by atoms with Crippen molar-refractivity contribution in [1.82, 2.24) is 0 Å². The van der Waals surface area contributed by atoms with E-state index in [1.54, 1.807) is 25.1 Å². The van der Waals surface area contributed by atoms with Gasteiger partial charge in [-0.25, -0.2) is 0 Å². The largest absolute Gasteiger partial charge is 0.495 e. The van der Waals surface area contributed by atoms with Crippen molar-refractivity contribution in [2.45, 2.75) is 19.4 Å². The number of ether oxygens (including phenoxy) is 1. The van der Waals surface area contributed by atoms with E-state index in [9.17, 15) is 4.79 Å². The van der Waals surface area contributed by atoms with Crippen LogP contribution in [0.3, 0.4) is 0 Å². The van der Waals surface area contributed by atoms with Crippen molar-refractivity contribution in [3.05, 3.63) is 23.2 Å². The number of carbonyl (C=O) groups excluding carboxylic acids is 1. The molecule has 0 aliphatic carbocycles. The molecule has 0 aromatic heterocycles. The highest BCUT2D eigenvalue weighted by Crippen LogP contribution is 2.27.